The fourth-order valence-corrected chi connectivity index (χ4v) is 2.41. The van der Waals surface area contributed by atoms with Crippen LogP contribution in [0.25, 0.3) is 0 Å². The van der Waals surface area contributed by atoms with Crippen molar-refractivity contribution in [1.29, 1.82) is 0 Å². The van der Waals surface area contributed by atoms with E-state index in [9.17, 15) is 0 Å². The molecule has 90 valence electrons. The third kappa shape index (κ3) is 4.12. The highest BCUT2D eigenvalue weighted by Gasteiger charge is 2.24. The maximum absolute atomic E-state index is 3.48. The van der Waals surface area contributed by atoms with Crippen molar-refractivity contribution in [3.63, 3.8) is 0 Å². The van der Waals surface area contributed by atoms with Gasteiger partial charge in [0.15, 0.2) is 0 Å². The van der Waals surface area contributed by atoms with Gasteiger partial charge in [0.2, 0.25) is 0 Å². The van der Waals surface area contributed by atoms with Crippen molar-refractivity contribution < 1.29 is 0 Å². The second-order valence-corrected chi connectivity index (χ2v) is 5.36. The minimum Gasteiger partial charge on any atom is -0.315 e. The van der Waals surface area contributed by atoms with Crippen LogP contribution in [0.3, 0.4) is 0 Å². The molecule has 1 fully saturated rings. The van der Waals surface area contributed by atoms with Crippen molar-refractivity contribution in [3.05, 3.63) is 0 Å². The maximum Gasteiger partial charge on any atom is 0.0240 e. The predicted molar refractivity (Wildman–Crippen MR) is 67.1 cm³/mol. The fourth-order valence-electron chi connectivity index (χ4n) is 2.41. The van der Waals surface area contributed by atoms with Crippen LogP contribution in [0.1, 0.15) is 40.0 Å². The first kappa shape index (κ1) is 13.0. The Kier molecular flexibility index (Phi) is 5.62. The molecule has 0 aliphatic heterocycles. The zero-order chi connectivity index (χ0) is 11.3. The van der Waals surface area contributed by atoms with Gasteiger partial charge in [-0.05, 0) is 38.3 Å². The molecule has 0 aromatic rings. The van der Waals surface area contributed by atoms with E-state index in [0.717, 1.165) is 24.9 Å². The molecule has 1 unspecified atom stereocenters. The molecule has 0 saturated heterocycles. The fraction of sp³-hybridized carbons (Fsp3) is 1.00. The largest absolute Gasteiger partial charge is 0.315 e. The second kappa shape index (κ2) is 6.49. The number of nitrogens with one attached hydrogen (secondary N) is 1. The Hall–Kier alpha value is -0.0800. The minimum absolute atomic E-state index is 0.700. The zero-order valence-corrected chi connectivity index (χ0v) is 10.9. The summed E-state index contributed by atoms with van der Waals surface area (Å²) in [5, 5.41) is 3.48. The highest BCUT2D eigenvalue weighted by atomic mass is 15.2. The van der Waals surface area contributed by atoms with Crippen LogP contribution in [0.4, 0.5) is 0 Å². The Labute approximate surface area is 95.4 Å². The second-order valence-electron chi connectivity index (χ2n) is 5.36. The first-order chi connectivity index (χ1) is 7.15. The summed E-state index contributed by atoms with van der Waals surface area (Å²) in [7, 11) is 2.29. The molecule has 0 bridgehead atoms. The van der Waals surface area contributed by atoms with Crippen LogP contribution in [0.2, 0.25) is 0 Å². The van der Waals surface area contributed by atoms with Gasteiger partial charge < -0.3 is 10.2 Å². The maximum atomic E-state index is 3.48. The number of hydrogen-bond donors (Lipinski definition) is 1. The van der Waals surface area contributed by atoms with Crippen LogP contribution in [0.5, 0.6) is 0 Å². The van der Waals surface area contributed by atoms with Crippen molar-refractivity contribution in [2.45, 2.75) is 46.1 Å². The van der Waals surface area contributed by atoms with E-state index in [-0.39, 0.29) is 0 Å². The Morgan fingerprint density at radius 3 is 2.40 bits per heavy atom. The number of nitrogens with zero attached hydrogens (tertiary/aromatic N) is 1. The molecule has 1 atom stereocenters. The van der Waals surface area contributed by atoms with E-state index in [1.165, 1.54) is 25.8 Å². The Balaban J connectivity index is 2.31. The quantitative estimate of drug-likeness (QED) is 0.697. The summed E-state index contributed by atoms with van der Waals surface area (Å²) in [6.07, 6.45) is 4.37. The lowest BCUT2D eigenvalue weighted by molar-refractivity contribution is 0.132. The summed E-state index contributed by atoms with van der Waals surface area (Å²) >= 11 is 0. The predicted octanol–water partition coefficient (Wildman–Crippen LogP) is 2.35. The lowest BCUT2D eigenvalue weighted by Gasteiger charge is -2.36. The van der Waals surface area contributed by atoms with Gasteiger partial charge in [0.25, 0.3) is 0 Å². The van der Waals surface area contributed by atoms with E-state index in [1.807, 2.05) is 0 Å². The third-order valence-electron chi connectivity index (χ3n) is 3.71. The monoisotopic (exact) mass is 212 g/mol. The summed E-state index contributed by atoms with van der Waals surface area (Å²) in [5.41, 5.74) is 0. The first-order valence-corrected chi connectivity index (χ1v) is 6.56. The van der Waals surface area contributed by atoms with E-state index >= 15 is 0 Å². The zero-order valence-electron chi connectivity index (χ0n) is 10.9. The number of rotatable bonds is 7. The molecule has 15 heavy (non-hydrogen) atoms. The van der Waals surface area contributed by atoms with Gasteiger partial charge in [-0.15, -0.1) is 0 Å². The molecule has 0 spiro atoms. The van der Waals surface area contributed by atoms with Crippen LogP contribution in [-0.4, -0.2) is 37.6 Å². The summed E-state index contributed by atoms with van der Waals surface area (Å²) in [4.78, 5) is 2.57. The minimum atomic E-state index is 0.700. The molecule has 0 aromatic heterocycles. The lowest BCUT2D eigenvalue weighted by Crippen LogP contribution is -2.46. The van der Waals surface area contributed by atoms with Gasteiger partial charge in [-0.1, -0.05) is 27.2 Å². The molecule has 0 heterocycles. The molecule has 0 aromatic carbocycles. The Bertz CT molecular complexity index is 164. The molecule has 1 aliphatic carbocycles. The van der Waals surface area contributed by atoms with Gasteiger partial charge in [-0.2, -0.15) is 0 Å². The molecule has 2 nitrogen and oxygen atoms in total. The summed E-state index contributed by atoms with van der Waals surface area (Å²) in [5.74, 6) is 1.73. The average molecular weight is 212 g/mol. The topological polar surface area (TPSA) is 15.3 Å². The van der Waals surface area contributed by atoms with Crippen molar-refractivity contribution in [1.82, 2.24) is 10.2 Å². The molecule has 0 radical (unpaired) electrons. The molecule has 1 saturated carbocycles. The van der Waals surface area contributed by atoms with Crippen molar-refractivity contribution in [2.75, 3.05) is 26.7 Å². The van der Waals surface area contributed by atoms with E-state index in [0.29, 0.717) is 6.04 Å². The highest BCUT2D eigenvalue weighted by Crippen LogP contribution is 2.27. The van der Waals surface area contributed by atoms with Gasteiger partial charge in [0.1, 0.15) is 0 Å². The van der Waals surface area contributed by atoms with Crippen molar-refractivity contribution in [2.24, 2.45) is 11.8 Å². The lowest BCUT2D eigenvalue weighted by atomic mass is 9.84. The van der Waals surface area contributed by atoms with E-state index in [1.54, 1.807) is 0 Å². The Morgan fingerprint density at radius 2 is 2.00 bits per heavy atom. The molecular formula is C13H28N2. The van der Waals surface area contributed by atoms with Gasteiger partial charge in [-0.25, -0.2) is 0 Å². The van der Waals surface area contributed by atoms with E-state index in [2.05, 4.69) is 38.0 Å². The molecule has 1 rings (SSSR count). The van der Waals surface area contributed by atoms with Crippen molar-refractivity contribution >= 4 is 0 Å². The molecule has 2 heteroatoms. The standard InChI is InChI=1S/C13H28N2/c1-5-14-9-13(11(2)3)15(4)10-12-7-6-8-12/h11-14H,5-10H2,1-4H3. The number of hydrogen-bond acceptors (Lipinski definition) is 2. The molecule has 0 amide bonds. The first-order valence-electron chi connectivity index (χ1n) is 6.56. The SMILES string of the molecule is CCNCC(C(C)C)N(C)CC1CCC1. The smallest absolute Gasteiger partial charge is 0.0240 e. The molecule has 1 N–H and O–H groups in total. The average Bonchev–Trinajstić information content (AvgIpc) is 2.11. The van der Waals surface area contributed by atoms with Crippen LogP contribution in [0.15, 0.2) is 0 Å². The van der Waals surface area contributed by atoms with Crippen LogP contribution < -0.4 is 5.32 Å². The molecular weight excluding hydrogens is 184 g/mol. The number of likely N-dealkylation sites (N-methyl/N-ethyl adjacent to an activating group) is 2. The summed E-state index contributed by atoms with van der Waals surface area (Å²) in [6, 6.07) is 0.700. The van der Waals surface area contributed by atoms with Gasteiger partial charge in [0.05, 0.1) is 0 Å². The molecule has 1 aliphatic rings. The van der Waals surface area contributed by atoms with Gasteiger partial charge in [0, 0.05) is 19.1 Å². The summed E-state index contributed by atoms with van der Waals surface area (Å²) in [6.45, 7) is 10.4. The van der Waals surface area contributed by atoms with Gasteiger partial charge in [-0.3, -0.25) is 0 Å². The van der Waals surface area contributed by atoms with Crippen LogP contribution in [-0.2, 0) is 0 Å². The normalized spacial score (nSPS) is 19.6. The van der Waals surface area contributed by atoms with Crippen LogP contribution in [0, 0.1) is 11.8 Å². The van der Waals surface area contributed by atoms with E-state index in [4.69, 9.17) is 0 Å². The Morgan fingerprint density at radius 1 is 1.33 bits per heavy atom. The summed E-state index contributed by atoms with van der Waals surface area (Å²) < 4.78 is 0. The van der Waals surface area contributed by atoms with E-state index < -0.39 is 0 Å². The highest BCUT2D eigenvalue weighted by molar-refractivity contribution is 4.79. The third-order valence-corrected chi connectivity index (χ3v) is 3.71. The van der Waals surface area contributed by atoms with Crippen LogP contribution >= 0.6 is 0 Å². The van der Waals surface area contributed by atoms with Crippen molar-refractivity contribution in [3.8, 4) is 0 Å². The van der Waals surface area contributed by atoms with Gasteiger partial charge >= 0.3 is 0 Å².